The highest BCUT2D eigenvalue weighted by Crippen LogP contribution is 2.28. The largest absolute Gasteiger partial charge is 0.372 e. The van der Waals surface area contributed by atoms with E-state index in [0.717, 1.165) is 45.8 Å². The molecule has 5 nitrogen and oxygen atoms in total. The van der Waals surface area contributed by atoms with Gasteiger partial charge in [-0.1, -0.05) is 26.3 Å². The van der Waals surface area contributed by atoms with Crippen LogP contribution < -0.4 is 16.0 Å². The quantitative estimate of drug-likeness (QED) is 0.706. The topological polar surface area (TPSA) is 42.6 Å². The number of hydrogen-bond donors (Lipinski definition) is 3. The molecule has 0 bridgehead atoms. The fourth-order valence-electron chi connectivity index (χ4n) is 4.48. The maximum absolute atomic E-state index is 4.15. The average molecular weight is 352 g/mol. The third kappa shape index (κ3) is 6.55. The molecule has 0 aromatic carbocycles. The van der Waals surface area contributed by atoms with Gasteiger partial charge in [0, 0.05) is 63.4 Å². The number of nitrogens with zero attached hydrogens (tertiary/aromatic N) is 2. The molecule has 0 radical (unpaired) electrons. The first kappa shape index (κ1) is 20.7. The molecule has 2 aliphatic rings. The maximum atomic E-state index is 4.15. The molecule has 1 saturated heterocycles. The van der Waals surface area contributed by atoms with E-state index in [-0.39, 0.29) is 0 Å². The monoisotopic (exact) mass is 351 g/mol. The van der Waals surface area contributed by atoms with Crippen molar-refractivity contribution in [3.05, 3.63) is 12.8 Å². The van der Waals surface area contributed by atoms with Gasteiger partial charge in [0.15, 0.2) is 0 Å². The number of hydrogen-bond acceptors (Lipinski definition) is 5. The Hall–Kier alpha value is -0.620. The number of fused-ring (bicyclic) bond motifs is 1. The minimum absolute atomic E-state index is 0.486. The lowest BCUT2D eigenvalue weighted by Crippen LogP contribution is -2.56. The molecule has 0 unspecified atom stereocenters. The summed E-state index contributed by atoms with van der Waals surface area (Å²) in [4.78, 5) is 5.23. The van der Waals surface area contributed by atoms with Crippen molar-refractivity contribution < 1.29 is 0 Å². The Morgan fingerprint density at radius 1 is 0.920 bits per heavy atom. The smallest absolute Gasteiger partial charge is 0.0440 e. The SMILES string of the molecule is C=CN1C[C@H](C)NCCNCCN[C@@H](C)CN(CC)[C@@H]2CCCC[C@H]21. The van der Waals surface area contributed by atoms with Crippen LogP contribution in [0.15, 0.2) is 12.8 Å². The molecule has 0 aromatic rings. The van der Waals surface area contributed by atoms with Gasteiger partial charge in [-0.3, -0.25) is 4.90 Å². The lowest BCUT2D eigenvalue weighted by Gasteiger charge is -2.46. The molecule has 1 heterocycles. The summed E-state index contributed by atoms with van der Waals surface area (Å²) >= 11 is 0. The Morgan fingerprint density at radius 2 is 1.52 bits per heavy atom. The molecule has 146 valence electrons. The molecule has 0 spiro atoms. The van der Waals surface area contributed by atoms with Crippen molar-refractivity contribution in [1.29, 1.82) is 0 Å². The molecule has 1 aliphatic carbocycles. The second kappa shape index (κ2) is 11.2. The van der Waals surface area contributed by atoms with Gasteiger partial charge < -0.3 is 20.9 Å². The highest BCUT2D eigenvalue weighted by Gasteiger charge is 2.33. The van der Waals surface area contributed by atoms with Gasteiger partial charge in [-0.15, -0.1) is 0 Å². The Balaban J connectivity index is 2.13. The van der Waals surface area contributed by atoms with E-state index in [9.17, 15) is 0 Å². The zero-order chi connectivity index (χ0) is 18.1. The van der Waals surface area contributed by atoms with Crippen LogP contribution in [0.2, 0.25) is 0 Å². The molecule has 4 atom stereocenters. The average Bonchev–Trinajstić information content (AvgIpc) is 2.63. The Labute approximate surface area is 155 Å². The van der Waals surface area contributed by atoms with Gasteiger partial charge in [0.05, 0.1) is 0 Å². The van der Waals surface area contributed by atoms with Crippen LogP contribution in [0.5, 0.6) is 0 Å². The highest BCUT2D eigenvalue weighted by atomic mass is 15.3. The molecular weight excluding hydrogens is 310 g/mol. The lowest BCUT2D eigenvalue weighted by atomic mass is 9.87. The van der Waals surface area contributed by atoms with Gasteiger partial charge in [0.2, 0.25) is 0 Å². The summed E-state index contributed by atoms with van der Waals surface area (Å²) in [5, 5.41) is 10.9. The molecule has 25 heavy (non-hydrogen) atoms. The second-order valence-electron chi connectivity index (χ2n) is 7.85. The van der Waals surface area contributed by atoms with E-state index < -0.39 is 0 Å². The summed E-state index contributed by atoms with van der Waals surface area (Å²) in [5.74, 6) is 0. The van der Waals surface area contributed by atoms with Crippen LogP contribution in [0, 0.1) is 0 Å². The van der Waals surface area contributed by atoms with Crippen LogP contribution in [-0.2, 0) is 0 Å². The fourth-order valence-corrected chi connectivity index (χ4v) is 4.48. The molecule has 0 aromatic heterocycles. The van der Waals surface area contributed by atoms with Crippen molar-refractivity contribution in [2.45, 2.75) is 70.6 Å². The van der Waals surface area contributed by atoms with Gasteiger partial charge in [-0.25, -0.2) is 0 Å². The summed E-state index contributed by atoms with van der Waals surface area (Å²) in [5.41, 5.74) is 0. The zero-order valence-corrected chi connectivity index (χ0v) is 16.8. The van der Waals surface area contributed by atoms with Crippen LogP contribution in [0.1, 0.15) is 46.5 Å². The van der Waals surface area contributed by atoms with E-state index >= 15 is 0 Å². The normalized spacial score (nSPS) is 34.6. The summed E-state index contributed by atoms with van der Waals surface area (Å²) < 4.78 is 0. The van der Waals surface area contributed by atoms with Gasteiger partial charge in [0.1, 0.15) is 0 Å². The van der Waals surface area contributed by atoms with E-state index in [2.05, 4.69) is 59.3 Å². The molecule has 3 N–H and O–H groups in total. The van der Waals surface area contributed by atoms with E-state index in [1.807, 2.05) is 0 Å². The van der Waals surface area contributed by atoms with Crippen LogP contribution >= 0.6 is 0 Å². The van der Waals surface area contributed by atoms with Crippen LogP contribution in [-0.4, -0.2) is 79.8 Å². The zero-order valence-electron chi connectivity index (χ0n) is 16.8. The summed E-state index contributed by atoms with van der Waals surface area (Å²) in [7, 11) is 0. The Morgan fingerprint density at radius 3 is 2.12 bits per heavy atom. The van der Waals surface area contributed by atoms with Crippen molar-refractivity contribution in [3.63, 3.8) is 0 Å². The van der Waals surface area contributed by atoms with Crippen molar-refractivity contribution in [2.75, 3.05) is 45.8 Å². The van der Waals surface area contributed by atoms with E-state index in [0.29, 0.717) is 24.2 Å². The minimum atomic E-state index is 0.486. The van der Waals surface area contributed by atoms with Gasteiger partial charge >= 0.3 is 0 Å². The van der Waals surface area contributed by atoms with E-state index in [1.165, 1.54) is 25.7 Å². The Bertz CT molecular complexity index is 375. The standard InChI is InChI=1S/C20H41N5/c1-5-24-15-17(3)22-13-11-21-12-14-23-18(4)16-25(6-2)20-10-8-7-9-19(20)24/h5,17-23H,1,6-16H2,2-4H3/t17-,18-,19+,20+/m0/s1. The van der Waals surface area contributed by atoms with E-state index in [1.54, 1.807) is 0 Å². The predicted octanol–water partition coefficient (Wildman–Crippen LogP) is 1.62. The third-order valence-corrected chi connectivity index (χ3v) is 5.81. The first-order valence-electron chi connectivity index (χ1n) is 10.5. The number of nitrogens with one attached hydrogen (secondary N) is 3. The number of rotatable bonds is 2. The summed E-state index contributed by atoms with van der Waals surface area (Å²) in [6.07, 6.45) is 7.42. The Kier molecular flexibility index (Phi) is 9.24. The van der Waals surface area contributed by atoms with Crippen molar-refractivity contribution in [2.24, 2.45) is 0 Å². The fraction of sp³-hybridized carbons (Fsp3) is 0.900. The molecule has 2 fully saturated rings. The number of likely N-dealkylation sites (N-methyl/N-ethyl adjacent to an activating group) is 1. The first-order valence-corrected chi connectivity index (χ1v) is 10.5. The third-order valence-electron chi connectivity index (χ3n) is 5.81. The molecule has 1 aliphatic heterocycles. The maximum Gasteiger partial charge on any atom is 0.0440 e. The van der Waals surface area contributed by atoms with Crippen molar-refractivity contribution >= 4 is 0 Å². The van der Waals surface area contributed by atoms with Crippen LogP contribution in [0.25, 0.3) is 0 Å². The second-order valence-corrected chi connectivity index (χ2v) is 7.85. The first-order chi connectivity index (χ1) is 12.2. The molecule has 0 amide bonds. The summed E-state index contributed by atoms with van der Waals surface area (Å²) in [6, 6.07) is 2.27. The lowest BCUT2D eigenvalue weighted by molar-refractivity contribution is 0.0664. The van der Waals surface area contributed by atoms with Gasteiger partial charge in [0.25, 0.3) is 0 Å². The molecule has 2 rings (SSSR count). The predicted molar refractivity (Wildman–Crippen MR) is 108 cm³/mol. The minimum Gasteiger partial charge on any atom is -0.372 e. The van der Waals surface area contributed by atoms with Crippen molar-refractivity contribution in [1.82, 2.24) is 25.8 Å². The van der Waals surface area contributed by atoms with Crippen molar-refractivity contribution in [3.8, 4) is 0 Å². The van der Waals surface area contributed by atoms with E-state index in [4.69, 9.17) is 0 Å². The summed E-state index contributed by atoms with van der Waals surface area (Å²) in [6.45, 7) is 18.5. The highest BCUT2D eigenvalue weighted by molar-refractivity contribution is 4.94. The van der Waals surface area contributed by atoms with Crippen LogP contribution in [0.3, 0.4) is 0 Å². The van der Waals surface area contributed by atoms with Gasteiger partial charge in [-0.2, -0.15) is 0 Å². The van der Waals surface area contributed by atoms with Crippen LogP contribution in [0.4, 0.5) is 0 Å². The molecule has 1 saturated carbocycles. The molecular formula is C20H41N5. The molecule has 5 heteroatoms. The van der Waals surface area contributed by atoms with Gasteiger partial charge in [-0.05, 0) is 39.4 Å².